The standard InChI is InChI=1S/C30H19N2O.2C6H5.Bi/c1-3-10-23(11-4-1)31-25-14-7-15-26(20-25)32(24-12-5-2-6-13-24)28-17-9-19-30(22-28)33-29-18-8-16-27(31)21-29;2*1-2-4-6-5-3-1;/h1-19H;2*1-5H;. The Labute approximate surface area is 269 Å². The van der Waals surface area contributed by atoms with Gasteiger partial charge in [-0.2, -0.15) is 0 Å². The fraction of sp³-hybridized carbons (Fsp3) is 0. The zero-order chi connectivity index (χ0) is 30.3. The second-order valence-electron chi connectivity index (χ2n) is 12.1. The molecule has 3 aliphatic heterocycles. The van der Waals surface area contributed by atoms with Crippen molar-refractivity contribution in [2.75, 3.05) is 9.80 Å². The van der Waals surface area contributed by atoms with Crippen molar-refractivity contribution in [3.63, 3.8) is 0 Å². The van der Waals surface area contributed by atoms with E-state index in [0.29, 0.717) is 0 Å². The Bertz CT molecular complexity index is 2150. The van der Waals surface area contributed by atoms with E-state index in [-0.39, 0.29) is 0 Å². The number of hydrogen-bond donors (Lipinski definition) is 0. The molecule has 0 radical (unpaired) electrons. The summed E-state index contributed by atoms with van der Waals surface area (Å²) >= 11 is -5.33. The number of benzene rings is 7. The third-order valence-corrected chi connectivity index (χ3v) is 36.1. The van der Waals surface area contributed by atoms with Gasteiger partial charge in [0.25, 0.3) is 0 Å². The van der Waals surface area contributed by atoms with Gasteiger partial charge >= 0.3 is 271 Å². The summed E-state index contributed by atoms with van der Waals surface area (Å²) in [5, 5.41) is 0. The van der Waals surface area contributed by atoms with Gasteiger partial charge in [-0.15, -0.1) is 0 Å². The Morgan fingerprint density at radius 3 is 1.09 bits per heavy atom. The van der Waals surface area contributed by atoms with Crippen molar-refractivity contribution in [2.45, 2.75) is 0 Å². The van der Waals surface area contributed by atoms with Gasteiger partial charge in [0.05, 0.1) is 0 Å². The van der Waals surface area contributed by atoms with Crippen LogP contribution in [-0.2, 0) is 0 Å². The average Bonchev–Trinajstić information content (AvgIpc) is 3.13. The van der Waals surface area contributed by atoms with Gasteiger partial charge in [-0.25, -0.2) is 0 Å². The molecule has 0 aromatic heterocycles. The topological polar surface area (TPSA) is 15.7 Å². The molecule has 0 atom stereocenters. The predicted molar refractivity (Wildman–Crippen MR) is 193 cm³/mol. The molecule has 7 aromatic rings. The van der Waals surface area contributed by atoms with Gasteiger partial charge in [-0.1, -0.05) is 0 Å². The molecule has 0 saturated carbocycles. The van der Waals surface area contributed by atoms with Crippen LogP contribution in [0.2, 0.25) is 0 Å². The molecule has 3 nitrogen and oxygen atoms in total. The molecular formula is C42H29BiN2O. The predicted octanol–water partition coefficient (Wildman–Crippen LogP) is 7.60. The van der Waals surface area contributed by atoms with Crippen LogP contribution in [0.15, 0.2) is 176 Å². The number of anilines is 6. The molecular weight excluding hydrogens is 757 g/mol. The Morgan fingerprint density at radius 1 is 0.326 bits per heavy atom. The molecule has 4 heteroatoms. The van der Waals surface area contributed by atoms with Gasteiger partial charge in [0.2, 0.25) is 0 Å². The summed E-state index contributed by atoms with van der Waals surface area (Å²) in [6.07, 6.45) is 0. The molecule has 3 aliphatic rings. The van der Waals surface area contributed by atoms with Gasteiger partial charge in [0, 0.05) is 0 Å². The first-order chi connectivity index (χ1) is 22.8. The molecule has 218 valence electrons. The first kappa shape index (κ1) is 26.1. The fourth-order valence-corrected chi connectivity index (χ4v) is 38.5. The third-order valence-electron chi connectivity index (χ3n) is 10.0. The summed E-state index contributed by atoms with van der Waals surface area (Å²) in [6.45, 7) is 0. The summed E-state index contributed by atoms with van der Waals surface area (Å²) in [5.41, 5.74) is 7.13. The molecule has 0 bridgehead atoms. The maximum absolute atomic E-state index is 7.11. The zero-order valence-corrected chi connectivity index (χ0v) is 28.5. The van der Waals surface area contributed by atoms with E-state index < -0.39 is 18.8 Å². The molecule has 46 heavy (non-hydrogen) atoms. The second-order valence-corrected chi connectivity index (χ2v) is 30.0. The van der Waals surface area contributed by atoms with Crippen LogP contribution in [0.25, 0.3) is 0 Å². The SMILES string of the molecule is c1ccc(N2c3cccc4[c]3[Bi]3([c]5ccccc5)([c]5ccccc5)[c]5c(cccc5N(c5ccccc5)c5cccc2[c]53)O4)cc1. The van der Waals surface area contributed by atoms with E-state index in [1.165, 1.54) is 39.1 Å². The maximum atomic E-state index is 7.11. The number of nitrogens with zero attached hydrogens (tertiary/aromatic N) is 2. The Hall–Kier alpha value is -5.18. The normalized spacial score (nSPS) is 16.4. The summed E-state index contributed by atoms with van der Waals surface area (Å²) in [4.78, 5) is 4.96. The molecule has 0 aliphatic carbocycles. The zero-order valence-electron chi connectivity index (χ0n) is 25.0. The van der Waals surface area contributed by atoms with Crippen LogP contribution in [0.3, 0.4) is 0 Å². The van der Waals surface area contributed by atoms with E-state index >= 15 is 0 Å². The van der Waals surface area contributed by atoms with E-state index in [2.05, 4.69) is 186 Å². The van der Waals surface area contributed by atoms with Crippen LogP contribution in [0.4, 0.5) is 34.1 Å². The minimum absolute atomic E-state index is 0.956. The van der Waals surface area contributed by atoms with E-state index in [1.54, 1.807) is 0 Å². The van der Waals surface area contributed by atoms with Crippen molar-refractivity contribution in [2.24, 2.45) is 0 Å². The van der Waals surface area contributed by atoms with Gasteiger partial charge in [-0.3, -0.25) is 0 Å². The molecule has 0 spiro atoms. The Morgan fingerprint density at radius 2 is 0.674 bits per heavy atom. The number of para-hydroxylation sites is 2. The van der Waals surface area contributed by atoms with Crippen LogP contribution in [0.5, 0.6) is 11.5 Å². The van der Waals surface area contributed by atoms with Crippen LogP contribution in [0.1, 0.15) is 0 Å². The molecule has 0 fully saturated rings. The van der Waals surface area contributed by atoms with E-state index in [4.69, 9.17) is 4.74 Å². The summed E-state index contributed by atoms with van der Waals surface area (Å²) in [5.74, 6) is 1.91. The fourth-order valence-electron chi connectivity index (χ4n) is 8.58. The average molecular weight is 787 g/mol. The van der Waals surface area contributed by atoms with Crippen molar-refractivity contribution in [1.29, 1.82) is 0 Å². The third kappa shape index (κ3) is 2.97. The van der Waals surface area contributed by atoms with Gasteiger partial charge < -0.3 is 0 Å². The van der Waals surface area contributed by atoms with Crippen LogP contribution < -0.4 is 30.9 Å². The van der Waals surface area contributed by atoms with Gasteiger partial charge in [0.1, 0.15) is 0 Å². The van der Waals surface area contributed by atoms with E-state index in [0.717, 1.165) is 22.9 Å². The number of hydrogen-bond acceptors (Lipinski definition) is 3. The van der Waals surface area contributed by atoms with Crippen LogP contribution in [0, 0.1) is 0 Å². The van der Waals surface area contributed by atoms with Crippen LogP contribution >= 0.6 is 0 Å². The quantitative estimate of drug-likeness (QED) is 0.171. The summed E-state index contributed by atoms with van der Waals surface area (Å²) < 4.78 is 14.0. The van der Waals surface area contributed by atoms with E-state index in [9.17, 15) is 0 Å². The molecule has 0 amide bonds. The van der Waals surface area contributed by atoms with Crippen molar-refractivity contribution < 1.29 is 4.74 Å². The van der Waals surface area contributed by atoms with Gasteiger partial charge in [0.15, 0.2) is 0 Å². The Kier molecular flexibility index (Phi) is 5.34. The molecule has 10 rings (SSSR count). The molecule has 0 N–H and O–H groups in total. The molecule has 3 heterocycles. The van der Waals surface area contributed by atoms with Crippen molar-refractivity contribution >= 4 is 69.3 Å². The molecule has 0 unspecified atom stereocenters. The Balaban J connectivity index is 1.54. The second kappa shape index (κ2) is 9.42. The van der Waals surface area contributed by atoms with Crippen molar-refractivity contribution in [3.05, 3.63) is 176 Å². The van der Waals surface area contributed by atoms with Crippen molar-refractivity contribution in [1.82, 2.24) is 0 Å². The number of rotatable bonds is 4. The minimum atomic E-state index is -5.33. The molecule has 0 saturated heterocycles. The summed E-state index contributed by atoms with van der Waals surface area (Å²) in [7, 11) is 0. The summed E-state index contributed by atoms with van der Waals surface area (Å²) in [6, 6.07) is 64.8. The van der Waals surface area contributed by atoms with E-state index in [1.807, 2.05) is 0 Å². The van der Waals surface area contributed by atoms with Crippen molar-refractivity contribution in [3.8, 4) is 11.5 Å². The van der Waals surface area contributed by atoms with Crippen LogP contribution in [-0.4, -0.2) is 18.8 Å². The monoisotopic (exact) mass is 786 g/mol. The number of ether oxygens (including phenoxy) is 1. The first-order valence-electron chi connectivity index (χ1n) is 15.7. The first-order valence-corrected chi connectivity index (χ1v) is 24.4. The molecule has 7 aromatic carbocycles. The van der Waals surface area contributed by atoms with Gasteiger partial charge in [-0.05, 0) is 0 Å².